The summed E-state index contributed by atoms with van der Waals surface area (Å²) in [6.45, 7) is 0.970. The number of amides is 1. The highest BCUT2D eigenvalue weighted by Gasteiger charge is 2.24. The Bertz CT molecular complexity index is 1020. The molecule has 132 valence electrons. The number of aromatic nitrogens is 2. The zero-order valence-electron chi connectivity index (χ0n) is 13.5. The second-order valence-electron chi connectivity index (χ2n) is 5.29. The third-order valence-corrected chi connectivity index (χ3v) is 4.09. The van der Waals surface area contributed by atoms with Gasteiger partial charge in [-0.3, -0.25) is 14.9 Å². The van der Waals surface area contributed by atoms with E-state index in [1.165, 1.54) is 12.1 Å². The fourth-order valence-electron chi connectivity index (χ4n) is 2.37. The van der Waals surface area contributed by atoms with Gasteiger partial charge in [0.25, 0.3) is 11.6 Å². The van der Waals surface area contributed by atoms with Gasteiger partial charge < -0.3 is 10.1 Å². The van der Waals surface area contributed by atoms with Crippen molar-refractivity contribution in [3.63, 3.8) is 0 Å². The zero-order chi connectivity index (χ0) is 18.7. The number of carbonyl (C=O) groups excluding carboxylic acids is 2. The number of hydrogen-bond donors (Lipinski definition) is 1. The minimum absolute atomic E-state index is 0.170. The predicted molar refractivity (Wildman–Crippen MR) is 94.2 cm³/mol. The average Bonchev–Trinajstić information content (AvgIpc) is 3.09. The Balaban J connectivity index is 1.70. The zero-order valence-corrected chi connectivity index (χ0v) is 14.3. The number of nitrogens with one attached hydrogen (secondary N) is 1. The van der Waals surface area contributed by atoms with Gasteiger partial charge in [0.05, 0.1) is 22.3 Å². The molecule has 1 amide bonds. The van der Waals surface area contributed by atoms with Crippen LogP contribution < -0.4 is 5.32 Å². The number of hydrogen-bond acceptors (Lipinski definition) is 8. The van der Waals surface area contributed by atoms with Gasteiger partial charge in [-0.05, 0) is 24.6 Å². The SMILES string of the molecule is Cc1cccc([N+](=O)[O-])c1C(=O)OCC(=O)Nc1cccc2nsnc12. The summed E-state index contributed by atoms with van der Waals surface area (Å²) in [4.78, 5) is 34.6. The van der Waals surface area contributed by atoms with Crippen LogP contribution in [-0.4, -0.2) is 32.2 Å². The van der Waals surface area contributed by atoms with Crippen molar-refractivity contribution in [1.82, 2.24) is 8.75 Å². The molecule has 10 heteroatoms. The summed E-state index contributed by atoms with van der Waals surface area (Å²) >= 11 is 1.02. The van der Waals surface area contributed by atoms with Gasteiger partial charge in [0.2, 0.25) is 0 Å². The molecule has 0 saturated carbocycles. The summed E-state index contributed by atoms with van der Waals surface area (Å²) in [5.74, 6) is -1.52. The van der Waals surface area contributed by atoms with E-state index in [-0.39, 0.29) is 11.3 Å². The largest absolute Gasteiger partial charge is 0.452 e. The molecule has 3 rings (SSSR count). The van der Waals surface area contributed by atoms with Crippen LogP contribution in [0.25, 0.3) is 11.0 Å². The molecule has 0 bridgehead atoms. The van der Waals surface area contributed by atoms with Crippen LogP contribution in [-0.2, 0) is 9.53 Å². The van der Waals surface area contributed by atoms with Gasteiger partial charge in [0, 0.05) is 6.07 Å². The van der Waals surface area contributed by atoms with Crippen molar-refractivity contribution in [2.24, 2.45) is 0 Å². The maximum Gasteiger partial charge on any atom is 0.345 e. The van der Waals surface area contributed by atoms with E-state index in [9.17, 15) is 19.7 Å². The average molecular weight is 372 g/mol. The molecule has 0 radical (unpaired) electrons. The number of carbonyl (C=O) groups is 2. The second kappa shape index (κ2) is 7.23. The van der Waals surface area contributed by atoms with Gasteiger partial charge in [-0.2, -0.15) is 8.75 Å². The Morgan fingerprint density at radius 2 is 2.00 bits per heavy atom. The smallest absolute Gasteiger partial charge is 0.345 e. The maximum atomic E-state index is 12.2. The summed E-state index contributed by atoms with van der Waals surface area (Å²) < 4.78 is 13.1. The lowest BCUT2D eigenvalue weighted by atomic mass is 10.1. The lowest BCUT2D eigenvalue weighted by molar-refractivity contribution is -0.385. The third-order valence-electron chi connectivity index (χ3n) is 3.55. The van der Waals surface area contributed by atoms with E-state index < -0.39 is 23.4 Å². The van der Waals surface area contributed by atoms with Gasteiger partial charge in [-0.25, -0.2) is 4.79 Å². The summed E-state index contributed by atoms with van der Waals surface area (Å²) in [6, 6.07) is 9.35. The molecular weight excluding hydrogens is 360 g/mol. The Hall–Kier alpha value is -3.40. The maximum absolute atomic E-state index is 12.2. The molecule has 0 aliphatic carbocycles. The van der Waals surface area contributed by atoms with Crippen molar-refractivity contribution in [2.75, 3.05) is 11.9 Å². The molecule has 0 fully saturated rings. The van der Waals surface area contributed by atoms with Crippen LogP contribution in [0.15, 0.2) is 36.4 Å². The number of nitrogens with zero attached hydrogens (tertiary/aromatic N) is 3. The lowest BCUT2D eigenvalue weighted by Crippen LogP contribution is -2.21. The first-order chi connectivity index (χ1) is 12.5. The number of benzene rings is 2. The van der Waals surface area contributed by atoms with Crippen LogP contribution in [0.3, 0.4) is 0 Å². The van der Waals surface area contributed by atoms with Crippen LogP contribution in [0.1, 0.15) is 15.9 Å². The summed E-state index contributed by atoms with van der Waals surface area (Å²) in [5, 5.41) is 13.6. The minimum Gasteiger partial charge on any atom is -0.452 e. The number of esters is 1. The van der Waals surface area contributed by atoms with E-state index >= 15 is 0 Å². The third kappa shape index (κ3) is 3.49. The van der Waals surface area contributed by atoms with Crippen molar-refractivity contribution < 1.29 is 19.2 Å². The molecule has 26 heavy (non-hydrogen) atoms. The Labute approximate surface area is 151 Å². The van der Waals surface area contributed by atoms with Gasteiger partial charge >= 0.3 is 5.97 Å². The molecule has 2 aromatic carbocycles. The van der Waals surface area contributed by atoms with Gasteiger partial charge in [-0.15, -0.1) is 0 Å². The highest BCUT2D eigenvalue weighted by atomic mass is 32.1. The molecule has 0 aliphatic heterocycles. The van der Waals surface area contributed by atoms with Gasteiger partial charge in [0.1, 0.15) is 16.6 Å². The molecule has 1 N–H and O–H groups in total. The van der Waals surface area contributed by atoms with E-state index in [1.807, 2.05) is 0 Å². The first-order valence-electron chi connectivity index (χ1n) is 7.39. The van der Waals surface area contributed by atoms with Crippen LogP contribution >= 0.6 is 11.7 Å². The number of anilines is 1. The second-order valence-corrected chi connectivity index (χ2v) is 5.82. The molecule has 0 saturated heterocycles. The number of nitro groups is 1. The normalized spacial score (nSPS) is 10.5. The number of fused-ring (bicyclic) bond motifs is 1. The first-order valence-corrected chi connectivity index (χ1v) is 8.12. The molecule has 3 aromatic rings. The molecule has 0 aliphatic rings. The fourth-order valence-corrected chi connectivity index (χ4v) is 2.92. The quantitative estimate of drug-likeness (QED) is 0.415. The Morgan fingerprint density at radius 1 is 1.23 bits per heavy atom. The van der Waals surface area contributed by atoms with Crippen molar-refractivity contribution in [3.05, 3.63) is 57.6 Å². The lowest BCUT2D eigenvalue weighted by Gasteiger charge is -2.08. The van der Waals surface area contributed by atoms with Crippen LogP contribution in [0.4, 0.5) is 11.4 Å². The molecule has 0 atom stereocenters. The first kappa shape index (κ1) is 17.4. The van der Waals surface area contributed by atoms with E-state index in [2.05, 4.69) is 14.1 Å². The molecule has 9 nitrogen and oxygen atoms in total. The Kier molecular flexibility index (Phi) is 4.85. The number of nitro benzene ring substituents is 1. The van der Waals surface area contributed by atoms with E-state index in [4.69, 9.17) is 4.74 Å². The van der Waals surface area contributed by atoms with E-state index in [0.717, 1.165) is 11.7 Å². The number of aryl methyl sites for hydroxylation is 1. The molecule has 0 spiro atoms. The predicted octanol–water partition coefficient (Wildman–Crippen LogP) is 2.70. The Morgan fingerprint density at radius 3 is 2.77 bits per heavy atom. The molecule has 0 unspecified atom stereocenters. The van der Waals surface area contributed by atoms with Crippen LogP contribution in [0.5, 0.6) is 0 Å². The minimum atomic E-state index is -0.932. The topological polar surface area (TPSA) is 124 Å². The van der Waals surface area contributed by atoms with Crippen molar-refractivity contribution in [3.8, 4) is 0 Å². The van der Waals surface area contributed by atoms with Crippen molar-refractivity contribution >= 4 is 46.0 Å². The van der Waals surface area contributed by atoms with Gasteiger partial charge in [-0.1, -0.05) is 18.2 Å². The molecule has 1 heterocycles. The van der Waals surface area contributed by atoms with E-state index in [1.54, 1.807) is 31.2 Å². The van der Waals surface area contributed by atoms with Crippen LogP contribution in [0, 0.1) is 17.0 Å². The van der Waals surface area contributed by atoms with Crippen molar-refractivity contribution in [1.29, 1.82) is 0 Å². The fraction of sp³-hybridized carbons (Fsp3) is 0.125. The summed E-state index contributed by atoms with van der Waals surface area (Å²) in [6.07, 6.45) is 0. The highest BCUT2D eigenvalue weighted by Crippen LogP contribution is 2.23. The number of ether oxygens (including phenoxy) is 1. The standard InChI is InChI=1S/C16H12N4O5S/c1-9-4-2-7-12(20(23)24)14(9)16(22)25-8-13(21)17-10-5-3-6-11-15(10)19-26-18-11/h2-7H,8H2,1H3,(H,17,21). The highest BCUT2D eigenvalue weighted by molar-refractivity contribution is 7.00. The molecule has 1 aromatic heterocycles. The number of rotatable bonds is 5. The van der Waals surface area contributed by atoms with E-state index in [0.29, 0.717) is 22.3 Å². The van der Waals surface area contributed by atoms with Crippen molar-refractivity contribution in [2.45, 2.75) is 6.92 Å². The monoisotopic (exact) mass is 372 g/mol. The summed E-state index contributed by atoms with van der Waals surface area (Å²) in [5.41, 5.74) is 1.47. The summed E-state index contributed by atoms with van der Waals surface area (Å²) in [7, 11) is 0. The molecular formula is C16H12N4O5S. The van der Waals surface area contributed by atoms with Gasteiger partial charge in [0.15, 0.2) is 6.61 Å². The van der Waals surface area contributed by atoms with Crippen LogP contribution in [0.2, 0.25) is 0 Å².